The quantitative estimate of drug-likeness (QED) is 0.135. The van der Waals surface area contributed by atoms with E-state index < -0.39 is 75.6 Å². The van der Waals surface area contributed by atoms with E-state index >= 15 is 4.39 Å². The fourth-order valence-electron chi connectivity index (χ4n) is 5.02. The highest BCUT2D eigenvalue weighted by atomic mass is 19.3. The van der Waals surface area contributed by atoms with E-state index in [0.29, 0.717) is 49.1 Å². The van der Waals surface area contributed by atoms with E-state index in [4.69, 9.17) is 9.47 Å². The van der Waals surface area contributed by atoms with Gasteiger partial charge in [-0.2, -0.15) is 8.78 Å². The monoisotopic (exact) mass is 640 g/mol. The smallest absolute Gasteiger partial charge is 0.429 e. The lowest BCUT2D eigenvalue weighted by atomic mass is 9.99. The SMILES string of the molecule is CCCCC1COC(c2ccc(-c3cc(F)c(C(F)(F)Oc4ccc(-c5cc(F)c(F)c(F)c5)c(F)c4)c(F)c3)c(F)c2)OC1. The number of alkyl halides is 2. The van der Waals surface area contributed by atoms with Crippen LogP contribution in [0.2, 0.25) is 0 Å². The van der Waals surface area contributed by atoms with Gasteiger partial charge in [0.1, 0.15) is 34.6 Å². The summed E-state index contributed by atoms with van der Waals surface area (Å²) < 4.78 is 146. The van der Waals surface area contributed by atoms with Crippen molar-refractivity contribution in [3.05, 3.63) is 113 Å². The van der Waals surface area contributed by atoms with Gasteiger partial charge in [-0.15, -0.1) is 0 Å². The molecule has 0 aliphatic carbocycles. The van der Waals surface area contributed by atoms with Crippen LogP contribution in [0.15, 0.2) is 60.7 Å². The highest BCUT2D eigenvalue weighted by Gasteiger charge is 2.41. The van der Waals surface area contributed by atoms with Gasteiger partial charge in [-0.05, 0) is 60.0 Å². The lowest BCUT2D eigenvalue weighted by Gasteiger charge is -2.29. The molecule has 0 amide bonds. The van der Waals surface area contributed by atoms with Crippen molar-refractivity contribution in [3.8, 4) is 28.0 Å². The van der Waals surface area contributed by atoms with E-state index in [1.54, 1.807) is 0 Å². The van der Waals surface area contributed by atoms with Crippen LogP contribution in [0.1, 0.15) is 43.6 Å². The van der Waals surface area contributed by atoms with Crippen LogP contribution in [0.3, 0.4) is 0 Å². The van der Waals surface area contributed by atoms with Gasteiger partial charge in [0.2, 0.25) is 0 Å². The van der Waals surface area contributed by atoms with Crippen LogP contribution in [0.25, 0.3) is 22.3 Å². The lowest BCUT2D eigenvalue weighted by molar-refractivity contribution is -0.206. The maximum absolute atomic E-state index is 15.1. The molecule has 238 valence electrons. The summed E-state index contributed by atoms with van der Waals surface area (Å²) in [5.41, 5.74) is -3.09. The van der Waals surface area contributed by atoms with Crippen LogP contribution in [0.5, 0.6) is 5.75 Å². The second-order valence-corrected chi connectivity index (χ2v) is 10.6. The van der Waals surface area contributed by atoms with Crippen molar-refractivity contribution in [2.75, 3.05) is 13.2 Å². The molecule has 3 nitrogen and oxygen atoms in total. The number of ether oxygens (including phenoxy) is 3. The molecule has 1 fully saturated rings. The summed E-state index contributed by atoms with van der Waals surface area (Å²) in [4.78, 5) is 0. The van der Waals surface area contributed by atoms with E-state index in [9.17, 15) is 35.1 Å². The molecule has 12 heteroatoms. The number of benzene rings is 4. The second kappa shape index (κ2) is 13.1. The molecule has 1 aliphatic rings. The maximum Gasteiger partial charge on any atom is 0.432 e. The van der Waals surface area contributed by atoms with Crippen molar-refractivity contribution in [2.24, 2.45) is 5.92 Å². The van der Waals surface area contributed by atoms with Crippen LogP contribution in [0.4, 0.5) is 39.5 Å². The molecule has 0 radical (unpaired) electrons. The summed E-state index contributed by atoms with van der Waals surface area (Å²) in [5.74, 6) is -11.4. The Balaban J connectivity index is 1.33. The summed E-state index contributed by atoms with van der Waals surface area (Å²) in [6, 6.07) is 7.68. The van der Waals surface area contributed by atoms with E-state index in [1.807, 2.05) is 0 Å². The third-order valence-electron chi connectivity index (χ3n) is 7.32. The van der Waals surface area contributed by atoms with Gasteiger partial charge in [-0.3, -0.25) is 0 Å². The Labute approximate surface area is 252 Å². The van der Waals surface area contributed by atoms with E-state index in [-0.39, 0.29) is 17.0 Å². The zero-order valence-corrected chi connectivity index (χ0v) is 23.6. The Morgan fingerprint density at radius 3 is 1.76 bits per heavy atom. The van der Waals surface area contributed by atoms with Gasteiger partial charge in [0, 0.05) is 28.7 Å². The first-order valence-corrected chi connectivity index (χ1v) is 13.9. The lowest BCUT2D eigenvalue weighted by Crippen LogP contribution is -2.27. The van der Waals surface area contributed by atoms with Crippen molar-refractivity contribution in [2.45, 2.75) is 38.6 Å². The molecule has 0 bridgehead atoms. The third-order valence-corrected chi connectivity index (χ3v) is 7.32. The Hall–Kier alpha value is -4.03. The molecule has 0 aromatic heterocycles. The minimum atomic E-state index is -4.68. The van der Waals surface area contributed by atoms with Crippen molar-refractivity contribution >= 4 is 0 Å². The number of unbranched alkanes of at least 4 members (excludes halogenated alkanes) is 1. The highest BCUT2D eigenvalue weighted by Crippen LogP contribution is 2.39. The van der Waals surface area contributed by atoms with Crippen LogP contribution in [-0.2, 0) is 15.6 Å². The van der Waals surface area contributed by atoms with Crippen molar-refractivity contribution in [3.63, 3.8) is 0 Å². The second-order valence-electron chi connectivity index (χ2n) is 10.6. The molecular weight excluding hydrogens is 615 g/mol. The standard InChI is InChI=1S/C33H25F9O3/c1-2-3-4-17-15-43-32(44-16-17)18-5-7-22(24(34)9-18)19-10-26(36)30(27(37)11-19)33(41,42)45-21-6-8-23(25(35)14-21)20-12-28(38)31(40)29(39)13-20/h5-14,17,32H,2-4,15-16H2,1H3. The molecule has 1 aliphatic heterocycles. The van der Waals surface area contributed by atoms with Crippen molar-refractivity contribution < 1.29 is 53.7 Å². The zero-order chi connectivity index (χ0) is 32.5. The van der Waals surface area contributed by atoms with E-state index in [1.165, 1.54) is 12.1 Å². The van der Waals surface area contributed by atoms with Gasteiger partial charge in [0.05, 0.1) is 13.2 Å². The Morgan fingerprint density at radius 1 is 0.689 bits per heavy atom. The summed E-state index contributed by atoms with van der Waals surface area (Å²) in [7, 11) is 0. The number of rotatable bonds is 9. The molecule has 4 aromatic rings. The Kier molecular flexibility index (Phi) is 9.45. The fourth-order valence-corrected chi connectivity index (χ4v) is 5.02. The average Bonchev–Trinajstić information content (AvgIpc) is 2.98. The van der Waals surface area contributed by atoms with E-state index in [0.717, 1.165) is 37.5 Å². The van der Waals surface area contributed by atoms with Gasteiger partial charge in [0.15, 0.2) is 23.7 Å². The van der Waals surface area contributed by atoms with E-state index in [2.05, 4.69) is 11.7 Å². The first kappa shape index (κ1) is 32.4. The minimum Gasteiger partial charge on any atom is -0.429 e. The molecule has 0 N–H and O–H groups in total. The normalized spacial score (nSPS) is 17.0. The molecule has 0 atom stereocenters. The van der Waals surface area contributed by atoms with Gasteiger partial charge < -0.3 is 14.2 Å². The predicted molar refractivity (Wildman–Crippen MR) is 146 cm³/mol. The van der Waals surface area contributed by atoms with Crippen molar-refractivity contribution in [1.82, 2.24) is 0 Å². The predicted octanol–water partition coefficient (Wildman–Crippen LogP) is 9.97. The average molecular weight is 641 g/mol. The van der Waals surface area contributed by atoms with Gasteiger partial charge in [-0.1, -0.05) is 31.9 Å². The van der Waals surface area contributed by atoms with Crippen LogP contribution >= 0.6 is 0 Å². The molecule has 1 saturated heterocycles. The van der Waals surface area contributed by atoms with Gasteiger partial charge in [-0.25, -0.2) is 30.7 Å². The summed E-state index contributed by atoms with van der Waals surface area (Å²) >= 11 is 0. The van der Waals surface area contributed by atoms with Crippen LogP contribution in [-0.4, -0.2) is 13.2 Å². The molecular formula is C33H25F9O3. The molecule has 0 spiro atoms. The first-order chi connectivity index (χ1) is 21.4. The van der Waals surface area contributed by atoms with Crippen LogP contribution in [0, 0.1) is 46.6 Å². The largest absolute Gasteiger partial charge is 0.432 e. The minimum absolute atomic E-state index is 0.216. The Bertz CT molecular complexity index is 1660. The number of hydrogen-bond acceptors (Lipinski definition) is 3. The molecule has 0 saturated carbocycles. The molecule has 5 rings (SSSR count). The highest BCUT2D eigenvalue weighted by molar-refractivity contribution is 5.66. The fraction of sp³-hybridized carbons (Fsp3) is 0.273. The first-order valence-electron chi connectivity index (χ1n) is 13.9. The molecule has 0 unspecified atom stereocenters. The topological polar surface area (TPSA) is 27.7 Å². The van der Waals surface area contributed by atoms with Crippen molar-refractivity contribution in [1.29, 1.82) is 0 Å². The Morgan fingerprint density at radius 2 is 1.22 bits per heavy atom. The number of halogens is 9. The molecule has 45 heavy (non-hydrogen) atoms. The number of hydrogen-bond donors (Lipinski definition) is 0. The van der Waals surface area contributed by atoms with Crippen LogP contribution < -0.4 is 4.74 Å². The molecule has 4 aromatic carbocycles. The zero-order valence-electron chi connectivity index (χ0n) is 23.6. The summed E-state index contributed by atoms with van der Waals surface area (Å²) in [6.07, 6.45) is -2.54. The van der Waals surface area contributed by atoms with Gasteiger partial charge >= 0.3 is 6.11 Å². The third kappa shape index (κ3) is 6.96. The molecule has 1 heterocycles. The summed E-state index contributed by atoms with van der Waals surface area (Å²) in [6.45, 7) is 2.92. The summed E-state index contributed by atoms with van der Waals surface area (Å²) in [5, 5.41) is 0. The maximum atomic E-state index is 15.1. The van der Waals surface area contributed by atoms with Gasteiger partial charge in [0.25, 0.3) is 0 Å².